The lowest BCUT2D eigenvalue weighted by Gasteiger charge is -2.12. The van der Waals surface area contributed by atoms with Gasteiger partial charge in [0.2, 0.25) is 5.91 Å². The van der Waals surface area contributed by atoms with Crippen molar-refractivity contribution in [2.45, 2.75) is 25.8 Å². The number of benzene rings is 1. The SMILES string of the molecule is O=C1CC(C2CC2)=NN1Cc1ccccc1Cl. The Hall–Kier alpha value is -1.35. The molecule has 1 aliphatic heterocycles. The summed E-state index contributed by atoms with van der Waals surface area (Å²) in [5.41, 5.74) is 2.00. The standard InChI is InChI=1S/C13H13ClN2O/c14-11-4-2-1-3-10(11)8-16-13(17)7-12(15-16)9-5-6-9/h1-4,9H,5-8H2. The van der Waals surface area contributed by atoms with E-state index in [1.54, 1.807) is 5.01 Å². The lowest BCUT2D eigenvalue weighted by molar-refractivity contribution is -0.129. The summed E-state index contributed by atoms with van der Waals surface area (Å²) in [4.78, 5) is 11.8. The number of hydrazone groups is 1. The van der Waals surface area contributed by atoms with E-state index < -0.39 is 0 Å². The Morgan fingerprint density at radius 2 is 2.12 bits per heavy atom. The molecule has 0 saturated heterocycles. The van der Waals surface area contributed by atoms with E-state index >= 15 is 0 Å². The van der Waals surface area contributed by atoms with Crippen LogP contribution in [0.4, 0.5) is 0 Å². The first-order chi connectivity index (χ1) is 8.24. The van der Waals surface area contributed by atoms with E-state index in [-0.39, 0.29) is 5.91 Å². The van der Waals surface area contributed by atoms with Gasteiger partial charge >= 0.3 is 0 Å². The summed E-state index contributed by atoms with van der Waals surface area (Å²) in [6, 6.07) is 7.58. The van der Waals surface area contributed by atoms with Crippen molar-refractivity contribution in [2.24, 2.45) is 11.0 Å². The molecule has 0 atom stereocenters. The number of amides is 1. The summed E-state index contributed by atoms with van der Waals surface area (Å²) < 4.78 is 0. The molecule has 0 spiro atoms. The first kappa shape index (κ1) is 10.8. The van der Waals surface area contributed by atoms with Gasteiger partial charge in [-0.05, 0) is 30.4 Å². The molecule has 1 fully saturated rings. The van der Waals surface area contributed by atoms with Crippen molar-refractivity contribution in [3.8, 4) is 0 Å². The van der Waals surface area contributed by atoms with Gasteiger partial charge in [-0.15, -0.1) is 0 Å². The molecule has 1 heterocycles. The Morgan fingerprint density at radius 3 is 2.82 bits per heavy atom. The summed E-state index contributed by atoms with van der Waals surface area (Å²) in [5.74, 6) is 0.655. The fourth-order valence-corrected chi connectivity index (χ4v) is 2.24. The van der Waals surface area contributed by atoms with Crippen molar-refractivity contribution in [3.05, 3.63) is 34.9 Å². The average Bonchev–Trinajstić information content (AvgIpc) is 3.09. The van der Waals surface area contributed by atoms with Crippen molar-refractivity contribution >= 4 is 23.2 Å². The molecule has 4 heteroatoms. The first-order valence-corrected chi connectivity index (χ1v) is 6.23. The molecule has 3 rings (SSSR count). The smallest absolute Gasteiger partial charge is 0.248 e. The zero-order valence-electron chi connectivity index (χ0n) is 9.40. The lowest BCUT2D eigenvalue weighted by Crippen LogP contribution is -2.20. The Morgan fingerprint density at radius 1 is 1.35 bits per heavy atom. The van der Waals surface area contributed by atoms with Crippen molar-refractivity contribution in [1.82, 2.24) is 5.01 Å². The van der Waals surface area contributed by atoms with E-state index in [1.165, 1.54) is 12.8 Å². The van der Waals surface area contributed by atoms with E-state index in [0.29, 0.717) is 23.9 Å². The number of hydrogen-bond acceptors (Lipinski definition) is 2. The van der Waals surface area contributed by atoms with Crippen molar-refractivity contribution in [2.75, 3.05) is 0 Å². The van der Waals surface area contributed by atoms with Gasteiger partial charge in [0, 0.05) is 5.02 Å². The zero-order valence-corrected chi connectivity index (χ0v) is 10.2. The fraction of sp³-hybridized carbons (Fsp3) is 0.385. The van der Waals surface area contributed by atoms with E-state index in [0.717, 1.165) is 11.3 Å². The molecular formula is C13H13ClN2O. The molecule has 1 amide bonds. The highest BCUT2D eigenvalue weighted by molar-refractivity contribution is 6.31. The third kappa shape index (κ3) is 2.20. The second-order valence-electron chi connectivity index (χ2n) is 4.59. The molecular weight excluding hydrogens is 236 g/mol. The minimum absolute atomic E-state index is 0.0896. The van der Waals surface area contributed by atoms with Gasteiger partial charge in [0.15, 0.2) is 0 Å². The number of carbonyl (C=O) groups excluding carboxylic acids is 1. The van der Waals surface area contributed by atoms with Crippen LogP contribution >= 0.6 is 11.6 Å². The average molecular weight is 249 g/mol. The van der Waals surface area contributed by atoms with Crippen LogP contribution in [-0.2, 0) is 11.3 Å². The molecule has 1 aromatic rings. The maximum atomic E-state index is 11.8. The molecule has 0 bridgehead atoms. The lowest BCUT2D eigenvalue weighted by atomic mass is 10.2. The predicted molar refractivity (Wildman–Crippen MR) is 66.8 cm³/mol. The van der Waals surface area contributed by atoms with E-state index in [9.17, 15) is 4.79 Å². The monoisotopic (exact) mass is 248 g/mol. The zero-order chi connectivity index (χ0) is 11.8. The Bertz CT molecular complexity index is 494. The summed E-state index contributed by atoms with van der Waals surface area (Å²) >= 11 is 6.08. The number of nitrogens with zero attached hydrogens (tertiary/aromatic N) is 2. The second-order valence-corrected chi connectivity index (χ2v) is 4.99. The molecule has 2 aliphatic rings. The maximum absolute atomic E-state index is 11.8. The number of rotatable bonds is 3. The van der Waals surface area contributed by atoms with Crippen LogP contribution in [0.1, 0.15) is 24.8 Å². The largest absolute Gasteiger partial charge is 0.273 e. The van der Waals surface area contributed by atoms with Gasteiger partial charge < -0.3 is 0 Å². The number of halogens is 1. The molecule has 3 nitrogen and oxygen atoms in total. The minimum atomic E-state index is 0.0896. The molecule has 1 aromatic carbocycles. The quantitative estimate of drug-likeness (QED) is 0.810. The van der Waals surface area contributed by atoms with Gasteiger partial charge in [0.1, 0.15) is 0 Å². The van der Waals surface area contributed by atoms with Crippen LogP contribution in [0.2, 0.25) is 5.02 Å². The van der Waals surface area contributed by atoms with Gasteiger partial charge in [-0.25, -0.2) is 5.01 Å². The molecule has 1 aliphatic carbocycles. The molecule has 17 heavy (non-hydrogen) atoms. The highest BCUT2D eigenvalue weighted by Crippen LogP contribution is 2.34. The van der Waals surface area contributed by atoms with Crippen LogP contribution in [0.3, 0.4) is 0 Å². The Balaban J connectivity index is 1.77. The van der Waals surface area contributed by atoms with E-state index in [2.05, 4.69) is 5.10 Å². The van der Waals surface area contributed by atoms with Gasteiger partial charge in [0.05, 0.1) is 18.7 Å². The highest BCUT2D eigenvalue weighted by Gasteiger charge is 2.34. The Labute approximate surface area is 105 Å². The molecule has 0 radical (unpaired) electrons. The van der Waals surface area contributed by atoms with Crippen LogP contribution in [0.25, 0.3) is 0 Å². The van der Waals surface area contributed by atoms with Gasteiger partial charge in [-0.2, -0.15) is 5.10 Å². The summed E-state index contributed by atoms with van der Waals surface area (Å²) in [6.07, 6.45) is 2.87. The molecule has 88 valence electrons. The minimum Gasteiger partial charge on any atom is -0.273 e. The van der Waals surface area contributed by atoms with Gasteiger partial charge in [0.25, 0.3) is 0 Å². The maximum Gasteiger partial charge on any atom is 0.248 e. The molecule has 1 saturated carbocycles. The number of hydrogen-bond donors (Lipinski definition) is 0. The molecule has 0 aromatic heterocycles. The summed E-state index contributed by atoms with van der Waals surface area (Å²) in [6.45, 7) is 0.481. The van der Waals surface area contributed by atoms with Crippen LogP contribution in [0.5, 0.6) is 0 Å². The van der Waals surface area contributed by atoms with Crippen molar-refractivity contribution in [1.29, 1.82) is 0 Å². The predicted octanol–water partition coefficient (Wildman–Crippen LogP) is 2.84. The second kappa shape index (κ2) is 4.15. The van der Waals surface area contributed by atoms with E-state index in [1.807, 2.05) is 24.3 Å². The van der Waals surface area contributed by atoms with Crippen molar-refractivity contribution in [3.63, 3.8) is 0 Å². The van der Waals surface area contributed by atoms with Crippen LogP contribution in [0, 0.1) is 5.92 Å². The van der Waals surface area contributed by atoms with E-state index in [4.69, 9.17) is 11.6 Å². The van der Waals surface area contributed by atoms with Crippen molar-refractivity contribution < 1.29 is 4.79 Å². The third-order valence-electron chi connectivity index (χ3n) is 3.20. The van der Waals surface area contributed by atoms with Crippen LogP contribution in [-0.4, -0.2) is 16.6 Å². The van der Waals surface area contributed by atoms with Gasteiger partial charge in [-0.3, -0.25) is 4.79 Å². The van der Waals surface area contributed by atoms with Gasteiger partial charge in [-0.1, -0.05) is 29.8 Å². The fourth-order valence-electron chi connectivity index (χ4n) is 2.05. The topological polar surface area (TPSA) is 32.7 Å². The Kier molecular flexibility index (Phi) is 2.63. The van der Waals surface area contributed by atoms with Crippen LogP contribution in [0.15, 0.2) is 29.4 Å². The summed E-state index contributed by atoms with van der Waals surface area (Å²) in [5, 5.41) is 6.65. The number of carbonyl (C=O) groups is 1. The summed E-state index contributed by atoms with van der Waals surface area (Å²) in [7, 11) is 0. The third-order valence-corrected chi connectivity index (χ3v) is 3.56. The molecule has 0 N–H and O–H groups in total. The van der Waals surface area contributed by atoms with Crippen LogP contribution < -0.4 is 0 Å². The normalized spacial score (nSPS) is 19.7. The highest BCUT2D eigenvalue weighted by atomic mass is 35.5. The first-order valence-electron chi connectivity index (χ1n) is 5.85. The molecule has 0 unspecified atom stereocenters.